The molecule has 14 heavy (non-hydrogen) atoms. The summed E-state index contributed by atoms with van der Waals surface area (Å²) in [7, 11) is -2.94. The summed E-state index contributed by atoms with van der Waals surface area (Å²) in [6.07, 6.45) is 0.156. The topological polar surface area (TPSA) is 95.9 Å². The van der Waals surface area contributed by atoms with Gasteiger partial charge < -0.3 is 15.1 Å². The first-order valence-corrected chi connectivity index (χ1v) is 5.60. The summed E-state index contributed by atoms with van der Waals surface area (Å²) in [5, 5.41) is 2.43. The number of phosphoric ester groups is 1. The van der Waals surface area contributed by atoms with Gasteiger partial charge in [0, 0.05) is 13.5 Å². The Bertz CT molecular complexity index is 246. The fourth-order valence-corrected chi connectivity index (χ4v) is 1.35. The number of nitrogens with one attached hydrogen (secondary N) is 1. The summed E-state index contributed by atoms with van der Waals surface area (Å²) in [5.74, 6) is -0.190. The summed E-state index contributed by atoms with van der Waals surface area (Å²) in [6, 6.07) is 0. The maximum Gasteiger partial charge on any atom is 0.469 e. The lowest BCUT2D eigenvalue weighted by atomic mass is 9.90. The van der Waals surface area contributed by atoms with Crippen LogP contribution in [0.25, 0.3) is 0 Å². The van der Waals surface area contributed by atoms with Crippen LogP contribution in [0.5, 0.6) is 0 Å². The van der Waals surface area contributed by atoms with E-state index < -0.39 is 13.2 Å². The number of carbonyl (C=O) groups excluding carboxylic acids is 1. The lowest BCUT2D eigenvalue weighted by Gasteiger charge is -2.23. The fraction of sp³-hybridized carbons (Fsp3) is 0.857. The minimum absolute atomic E-state index is 0.156. The van der Waals surface area contributed by atoms with Gasteiger partial charge in [0.15, 0.2) is 0 Å². The number of amides is 1. The second-order valence-corrected chi connectivity index (χ2v) is 5.02. The number of hydrogen-bond acceptors (Lipinski definition) is 3. The molecule has 0 aromatic rings. The van der Waals surface area contributed by atoms with E-state index in [-0.39, 0.29) is 18.9 Å². The van der Waals surface area contributed by atoms with Crippen LogP contribution in [0, 0.1) is 5.41 Å². The Kier molecular flexibility index (Phi) is 4.74. The highest BCUT2D eigenvalue weighted by atomic mass is 31.2. The predicted octanol–water partition coefficient (Wildman–Crippen LogP) is 0.258. The highest BCUT2D eigenvalue weighted by molar-refractivity contribution is 7.46. The molecule has 0 aliphatic heterocycles. The van der Waals surface area contributed by atoms with Gasteiger partial charge in [-0.05, 0) is 5.41 Å². The van der Waals surface area contributed by atoms with Gasteiger partial charge in [0.2, 0.25) is 5.91 Å². The van der Waals surface area contributed by atoms with Crippen molar-refractivity contribution in [2.45, 2.75) is 20.3 Å². The van der Waals surface area contributed by atoms with Crippen molar-refractivity contribution in [2.75, 3.05) is 13.7 Å². The van der Waals surface area contributed by atoms with Gasteiger partial charge in [-0.25, -0.2) is 4.57 Å². The number of phosphoric acid groups is 1. The minimum Gasteiger partial charge on any atom is -0.359 e. The summed E-state index contributed by atoms with van der Waals surface area (Å²) in [4.78, 5) is 27.9. The average Bonchev–Trinajstić information content (AvgIpc) is 1.99. The molecular formula is C7H16NO5P. The maximum absolute atomic E-state index is 11.0. The van der Waals surface area contributed by atoms with E-state index in [0.29, 0.717) is 0 Å². The van der Waals surface area contributed by atoms with E-state index in [1.54, 1.807) is 13.8 Å². The van der Waals surface area contributed by atoms with Gasteiger partial charge in [0.1, 0.15) is 0 Å². The van der Waals surface area contributed by atoms with E-state index in [4.69, 9.17) is 9.79 Å². The highest BCUT2D eigenvalue weighted by Crippen LogP contribution is 2.38. The Labute approximate surface area is 82.9 Å². The minimum atomic E-state index is -4.45. The first-order chi connectivity index (χ1) is 6.16. The van der Waals surface area contributed by atoms with Crippen LogP contribution >= 0.6 is 7.82 Å². The summed E-state index contributed by atoms with van der Waals surface area (Å²) in [6.45, 7) is 3.22. The number of carbonyl (C=O) groups is 1. The monoisotopic (exact) mass is 225 g/mol. The molecule has 0 aliphatic rings. The van der Waals surface area contributed by atoms with Crippen molar-refractivity contribution in [3.8, 4) is 0 Å². The maximum atomic E-state index is 11.0. The second kappa shape index (κ2) is 4.89. The largest absolute Gasteiger partial charge is 0.469 e. The Morgan fingerprint density at radius 3 is 2.36 bits per heavy atom. The van der Waals surface area contributed by atoms with Gasteiger partial charge in [0.25, 0.3) is 0 Å². The van der Waals surface area contributed by atoms with E-state index >= 15 is 0 Å². The molecule has 0 aliphatic carbocycles. The molecule has 1 amide bonds. The van der Waals surface area contributed by atoms with Crippen LogP contribution in [0.1, 0.15) is 20.3 Å². The number of rotatable bonds is 5. The van der Waals surface area contributed by atoms with E-state index in [1.165, 1.54) is 7.05 Å². The average molecular weight is 225 g/mol. The molecule has 0 heterocycles. The molecule has 0 aromatic heterocycles. The summed E-state index contributed by atoms with van der Waals surface area (Å²) < 4.78 is 14.7. The van der Waals surface area contributed by atoms with Gasteiger partial charge in [0.05, 0.1) is 6.61 Å². The van der Waals surface area contributed by atoms with Crippen molar-refractivity contribution in [1.82, 2.24) is 5.32 Å². The molecule has 0 unspecified atom stereocenters. The Morgan fingerprint density at radius 1 is 1.50 bits per heavy atom. The van der Waals surface area contributed by atoms with Crippen LogP contribution < -0.4 is 5.32 Å². The van der Waals surface area contributed by atoms with Crippen molar-refractivity contribution < 1.29 is 23.7 Å². The second-order valence-electron chi connectivity index (χ2n) is 3.78. The molecule has 0 bridgehead atoms. The molecule has 0 aromatic carbocycles. The Hall–Kier alpha value is -0.420. The third kappa shape index (κ3) is 7.03. The van der Waals surface area contributed by atoms with Crippen molar-refractivity contribution in [2.24, 2.45) is 5.41 Å². The van der Waals surface area contributed by atoms with Gasteiger partial charge in [-0.15, -0.1) is 0 Å². The first-order valence-electron chi connectivity index (χ1n) is 4.07. The Balaban J connectivity index is 4.08. The Morgan fingerprint density at radius 2 is 2.00 bits per heavy atom. The molecule has 6 nitrogen and oxygen atoms in total. The lowest BCUT2D eigenvalue weighted by Crippen LogP contribution is -2.28. The zero-order valence-electron chi connectivity index (χ0n) is 8.48. The van der Waals surface area contributed by atoms with Crippen LogP contribution in [0.3, 0.4) is 0 Å². The quantitative estimate of drug-likeness (QED) is 0.583. The molecule has 3 N–H and O–H groups in total. The molecule has 0 spiro atoms. The van der Waals surface area contributed by atoms with Crippen LogP contribution in [-0.2, 0) is 13.9 Å². The summed E-state index contributed by atoms with van der Waals surface area (Å²) in [5.41, 5.74) is -0.596. The standard InChI is InChI=1S/C7H16NO5P/c1-7(2,4-6(9)8-3)5-13-14(10,11)12/h4-5H2,1-3H3,(H,8,9)(H2,10,11,12). The fourth-order valence-electron chi connectivity index (χ4n) is 0.833. The van der Waals surface area contributed by atoms with Gasteiger partial charge >= 0.3 is 7.82 Å². The SMILES string of the molecule is CNC(=O)CC(C)(C)COP(=O)(O)O. The van der Waals surface area contributed by atoms with Gasteiger partial charge in [-0.1, -0.05) is 13.8 Å². The number of hydrogen-bond donors (Lipinski definition) is 3. The normalized spacial score (nSPS) is 12.6. The van der Waals surface area contributed by atoms with Crippen LogP contribution in [0.2, 0.25) is 0 Å². The summed E-state index contributed by atoms with van der Waals surface area (Å²) >= 11 is 0. The van der Waals surface area contributed by atoms with E-state index in [0.717, 1.165) is 0 Å². The zero-order valence-corrected chi connectivity index (χ0v) is 9.38. The molecule has 0 saturated heterocycles. The van der Waals surface area contributed by atoms with Crippen molar-refractivity contribution in [3.05, 3.63) is 0 Å². The van der Waals surface area contributed by atoms with Gasteiger partial charge in [-0.2, -0.15) is 0 Å². The molecular weight excluding hydrogens is 209 g/mol. The van der Waals surface area contributed by atoms with Gasteiger partial charge in [-0.3, -0.25) is 9.32 Å². The highest BCUT2D eigenvalue weighted by Gasteiger charge is 2.26. The third-order valence-electron chi connectivity index (χ3n) is 1.54. The van der Waals surface area contributed by atoms with E-state index in [9.17, 15) is 9.36 Å². The van der Waals surface area contributed by atoms with Crippen molar-refractivity contribution >= 4 is 13.7 Å². The molecule has 0 radical (unpaired) electrons. The molecule has 0 rings (SSSR count). The first kappa shape index (κ1) is 13.6. The smallest absolute Gasteiger partial charge is 0.359 e. The van der Waals surface area contributed by atoms with Crippen LogP contribution in [-0.4, -0.2) is 29.3 Å². The van der Waals surface area contributed by atoms with Crippen molar-refractivity contribution in [1.29, 1.82) is 0 Å². The van der Waals surface area contributed by atoms with E-state index in [2.05, 4.69) is 9.84 Å². The van der Waals surface area contributed by atoms with Crippen LogP contribution in [0.15, 0.2) is 0 Å². The van der Waals surface area contributed by atoms with Crippen molar-refractivity contribution in [3.63, 3.8) is 0 Å². The molecule has 0 saturated carbocycles. The lowest BCUT2D eigenvalue weighted by molar-refractivity contribution is -0.123. The molecule has 0 atom stereocenters. The molecule has 0 fully saturated rings. The van der Waals surface area contributed by atoms with Crippen LogP contribution in [0.4, 0.5) is 0 Å². The zero-order chi connectivity index (χ0) is 11.4. The predicted molar refractivity (Wildman–Crippen MR) is 50.5 cm³/mol. The molecule has 84 valence electrons. The third-order valence-corrected chi connectivity index (χ3v) is 2.01. The van der Waals surface area contributed by atoms with E-state index in [1.807, 2.05) is 0 Å². The molecule has 7 heteroatoms.